The molecule has 1 atom stereocenters. The molecular weight excluding hydrogens is 426 g/mol. The molecule has 3 heterocycles. The number of thioether (sulfide) groups is 1. The highest BCUT2D eigenvalue weighted by atomic mass is 32.2. The lowest BCUT2D eigenvalue weighted by Gasteiger charge is -2.11. The summed E-state index contributed by atoms with van der Waals surface area (Å²) < 4.78 is 7.76. The number of hydrogen-bond acceptors (Lipinski definition) is 7. The van der Waals surface area contributed by atoms with E-state index in [1.54, 1.807) is 23.1 Å². The van der Waals surface area contributed by atoms with E-state index in [2.05, 4.69) is 80.5 Å². The Labute approximate surface area is 191 Å². The third-order valence-corrected chi connectivity index (χ3v) is 6.98. The number of aryl methyl sites for hydroxylation is 2. The van der Waals surface area contributed by atoms with E-state index in [-0.39, 0.29) is 5.25 Å². The zero-order chi connectivity index (χ0) is 21.5. The Kier molecular flexibility index (Phi) is 7.53. The van der Waals surface area contributed by atoms with Gasteiger partial charge in [-0.15, -0.1) is 21.5 Å². The molecule has 0 saturated heterocycles. The van der Waals surface area contributed by atoms with Gasteiger partial charge < -0.3 is 9.09 Å². The minimum absolute atomic E-state index is 0.0112. The number of thiophene rings is 1. The summed E-state index contributed by atoms with van der Waals surface area (Å²) in [6.07, 6.45) is 4.76. The maximum atomic E-state index is 5.52. The van der Waals surface area contributed by atoms with Crippen LogP contribution in [-0.4, -0.2) is 24.9 Å². The molecule has 4 aromatic rings. The van der Waals surface area contributed by atoms with Gasteiger partial charge in [0.1, 0.15) is 5.82 Å². The van der Waals surface area contributed by atoms with Gasteiger partial charge in [0.15, 0.2) is 11.0 Å². The van der Waals surface area contributed by atoms with E-state index in [9.17, 15) is 0 Å². The van der Waals surface area contributed by atoms with Crippen LogP contribution in [0.3, 0.4) is 0 Å². The van der Waals surface area contributed by atoms with Gasteiger partial charge in [-0.2, -0.15) is 4.98 Å². The van der Waals surface area contributed by atoms with Crippen LogP contribution >= 0.6 is 23.1 Å². The van der Waals surface area contributed by atoms with Crippen molar-refractivity contribution in [3.05, 3.63) is 75.8 Å². The average Bonchev–Trinajstić information content (AvgIpc) is 3.54. The molecule has 8 heteroatoms. The molecule has 0 aliphatic carbocycles. The fraction of sp³-hybridized carbons (Fsp3) is 0.391. The topological polar surface area (TPSA) is 69.6 Å². The molecule has 0 aliphatic rings. The molecule has 4 rings (SSSR count). The van der Waals surface area contributed by atoms with Crippen molar-refractivity contribution in [1.82, 2.24) is 24.9 Å². The van der Waals surface area contributed by atoms with Gasteiger partial charge >= 0.3 is 0 Å². The molecule has 1 aromatic carbocycles. The first-order chi connectivity index (χ1) is 15.2. The summed E-state index contributed by atoms with van der Waals surface area (Å²) in [4.78, 5) is 5.87. The van der Waals surface area contributed by atoms with E-state index in [0.717, 1.165) is 55.5 Å². The SMILES string of the molecule is CCCCc1noc(C(C)Sc2nnc(Cc3cccs3)n2CCc2ccccc2)n1. The summed E-state index contributed by atoms with van der Waals surface area (Å²) in [7, 11) is 0. The van der Waals surface area contributed by atoms with Crippen molar-refractivity contribution < 1.29 is 4.52 Å². The van der Waals surface area contributed by atoms with Gasteiger partial charge in [-0.25, -0.2) is 0 Å². The largest absolute Gasteiger partial charge is 0.338 e. The summed E-state index contributed by atoms with van der Waals surface area (Å²) in [6, 6.07) is 14.8. The molecule has 6 nitrogen and oxygen atoms in total. The molecule has 162 valence electrons. The van der Waals surface area contributed by atoms with Crippen molar-refractivity contribution in [2.24, 2.45) is 0 Å². The van der Waals surface area contributed by atoms with Gasteiger partial charge in [0.05, 0.1) is 5.25 Å². The number of hydrogen-bond donors (Lipinski definition) is 0. The first-order valence-corrected chi connectivity index (χ1v) is 12.5. The maximum absolute atomic E-state index is 5.52. The normalized spacial score (nSPS) is 12.3. The standard InChI is InChI=1S/C23H27N5OS2/c1-3-4-12-20-24-22(29-27-20)17(2)31-23-26-25-21(16-19-11-8-15-30-19)28(23)14-13-18-9-6-5-7-10-18/h5-11,15,17H,3-4,12-14,16H2,1-2H3. The molecule has 0 fully saturated rings. The second kappa shape index (κ2) is 10.7. The zero-order valence-corrected chi connectivity index (χ0v) is 19.5. The van der Waals surface area contributed by atoms with E-state index in [1.807, 2.05) is 6.07 Å². The van der Waals surface area contributed by atoms with Crippen LogP contribution in [0.5, 0.6) is 0 Å². The third kappa shape index (κ3) is 5.83. The quantitative estimate of drug-likeness (QED) is 0.269. The lowest BCUT2D eigenvalue weighted by molar-refractivity contribution is 0.374. The van der Waals surface area contributed by atoms with Crippen LogP contribution in [0.4, 0.5) is 0 Å². The Morgan fingerprint density at radius 3 is 2.74 bits per heavy atom. The van der Waals surface area contributed by atoms with Crippen LogP contribution in [-0.2, 0) is 25.8 Å². The van der Waals surface area contributed by atoms with Crippen LogP contribution < -0.4 is 0 Å². The Morgan fingerprint density at radius 1 is 1.10 bits per heavy atom. The van der Waals surface area contributed by atoms with Gasteiger partial charge in [-0.05, 0) is 36.8 Å². The first kappa shape index (κ1) is 21.8. The zero-order valence-electron chi connectivity index (χ0n) is 17.9. The van der Waals surface area contributed by atoms with Gasteiger partial charge in [-0.3, -0.25) is 0 Å². The Balaban J connectivity index is 1.51. The molecule has 0 spiro atoms. The van der Waals surface area contributed by atoms with Crippen molar-refractivity contribution in [1.29, 1.82) is 0 Å². The Bertz CT molecular complexity index is 1060. The van der Waals surface area contributed by atoms with E-state index in [0.29, 0.717) is 5.89 Å². The van der Waals surface area contributed by atoms with Gasteiger partial charge in [0, 0.05) is 24.3 Å². The van der Waals surface area contributed by atoms with Crippen LogP contribution in [0.2, 0.25) is 0 Å². The average molecular weight is 454 g/mol. The van der Waals surface area contributed by atoms with Gasteiger partial charge in [0.25, 0.3) is 0 Å². The molecular formula is C23H27N5OS2. The summed E-state index contributed by atoms with van der Waals surface area (Å²) in [5.74, 6) is 2.42. The lowest BCUT2D eigenvalue weighted by atomic mass is 10.1. The molecule has 0 bridgehead atoms. The molecule has 1 unspecified atom stereocenters. The smallest absolute Gasteiger partial charge is 0.239 e. The molecule has 0 aliphatic heterocycles. The maximum Gasteiger partial charge on any atom is 0.239 e. The molecule has 3 aromatic heterocycles. The molecule has 0 amide bonds. The van der Waals surface area contributed by atoms with Crippen molar-refractivity contribution in [2.45, 2.75) is 62.9 Å². The molecule has 0 radical (unpaired) electrons. The molecule has 31 heavy (non-hydrogen) atoms. The van der Waals surface area contributed by atoms with Gasteiger partial charge in [0.2, 0.25) is 5.89 Å². The Morgan fingerprint density at radius 2 is 1.97 bits per heavy atom. The minimum atomic E-state index is 0.0112. The highest BCUT2D eigenvalue weighted by Gasteiger charge is 2.21. The summed E-state index contributed by atoms with van der Waals surface area (Å²) in [5, 5.41) is 16.2. The second-order valence-corrected chi connectivity index (χ2v) is 9.79. The lowest BCUT2D eigenvalue weighted by Crippen LogP contribution is -2.08. The van der Waals surface area contributed by atoms with Crippen LogP contribution in [0.25, 0.3) is 0 Å². The second-order valence-electron chi connectivity index (χ2n) is 7.45. The van der Waals surface area contributed by atoms with Crippen LogP contribution in [0.1, 0.15) is 59.9 Å². The molecule has 0 N–H and O–H groups in total. The first-order valence-electron chi connectivity index (χ1n) is 10.7. The third-order valence-electron chi connectivity index (χ3n) is 5.04. The van der Waals surface area contributed by atoms with Gasteiger partial charge in [-0.1, -0.05) is 66.7 Å². The summed E-state index contributed by atoms with van der Waals surface area (Å²) in [5.41, 5.74) is 1.31. The van der Waals surface area contributed by atoms with E-state index in [1.165, 1.54) is 10.4 Å². The van der Waals surface area contributed by atoms with Crippen molar-refractivity contribution in [2.75, 3.05) is 0 Å². The van der Waals surface area contributed by atoms with E-state index < -0.39 is 0 Å². The van der Waals surface area contributed by atoms with Crippen molar-refractivity contribution >= 4 is 23.1 Å². The predicted octanol–water partition coefficient (Wildman–Crippen LogP) is 5.75. The van der Waals surface area contributed by atoms with Crippen LogP contribution in [0, 0.1) is 0 Å². The number of rotatable bonds is 11. The number of unbranched alkanes of at least 4 members (excludes halogenated alkanes) is 1. The highest BCUT2D eigenvalue weighted by molar-refractivity contribution is 7.99. The predicted molar refractivity (Wildman–Crippen MR) is 124 cm³/mol. The number of nitrogens with zero attached hydrogens (tertiary/aromatic N) is 5. The minimum Gasteiger partial charge on any atom is -0.338 e. The number of aromatic nitrogens is 5. The van der Waals surface area contributed by atoms with Crippen LogP contribution in [0.15, 0.2) is 57.5 Å². The van der Waals surface area contributed by atoms with E-state index >= 15 is 0 Å². The summed E-state index contributed by atoms with van der Waals surface area (Å²) >= 11 is 3.37. The number of benzene rings is 1. The van der Waals surface area contributed by atoms with E-state index in [4.69, 9.17) is 4.52 Å². The highest BCUT2D eigenvalue weighted by Crippen LogP contribution is 2.33. The molecule has 0 saturated carbocycles. The Hall–Kier alpha value is -2.45. The van der Waals surface area contributed by atoms with Crippen molar-refractivity contribution in [3.63, 3.8) is 0 Å². The monoisotopic (exact) mass is 453 g/mol. The van der Waals surface area contributed by atoms with Crippen molar-refractivity contribution in [3.8, 4) is 0 Å². The summed E-state index contributed by atoms with van der Waals surface area (Å²) in [6.45, 7) is 5.07. The fourth-order valence-electron chi connectivity index (χ4n) is 3.29. The fourth-order valence-corrected chi connectivity index (χ4v) is 4.92.